The summed E-state index contributed by atoms with van der Waals surface area (Å²) >= 11 is 1.76. The molecule has 0 amide bonds. The summed E-state index contributed by atoms with van der Waals surface area (Å²) in [5.74, 6) is -0.0131. The van der Waals surface area contributed by atoms with Crippen LogP contribution in [0.15, 0.2) is 0 Å². The Morgan fingerprint density at radius 3 is 2.92 bits per heavy atom. The van der Waals surface area contributed by atoms with Gasteiger partial charge in [0.15, 0.2) is 0 Å². The van der Waals surface area contributed by atoms with Crippen LogP contribution in [0, 0.1) is 0 Å². The molecule has 0 unspecified atom stereocenters. The Bertz CT molecular complexity index is 170. The van der Waals surface area contributed by atoms with Crippen molar-refractivity contribution in [3.8, 4) is 0 Å². The molecular formula is C10H18O2S. The molecule has 13 heavy (non-hydrogen) atoms. The van der Waals surface area contributed by atoms with Crippen LogP contribution in [0.3, 0.4) is 0 Å². The Kier molecular flexibility index (Phi) is 4.64. The van der Waals surface area contributed by atoms with Gasteiger partial charge in [0.1, 0.15) is 6.10 Å². The van der Waals surface area contributed by atoms with E-state index >= 15 is 0 Å². The van der Waals surface area contributed by atoms with Crippen molar-refractivity contribution in [2.45, 2.75) is 50.4 Å². The average Bonchev–Trinajstić information content (AvgIpc) is 2.47. The van der Waals surface area contributed by atoms with Crippen LogP contribution in [0.1, 0.15) is 39.0 Å². The molecular weight excluding hydrogens is 184 g/mol. The number of cyclic esters (lactones) is 1. The molecule has 1 aliphatic heterocycles. The van der Waals surface area contributed by atoms with Crippen molar-refractivity contribution in [2.75, 3.05) is 6.26 Å². The first-order valence-corrected chi connectivity index (χ1v) is 6.29. The zero-order valence-electron chi connectivity index (χ0n) is 8.41. The highest BCUT2D eigenvalue weighted by molar-refractivity contribution is 7.99. The molecule has 0 aromatic rings. The van der Waals surface area contributed by atoms with Crippen LogP contribution in [0.2, 0.25) is 0 Å². The molecule has 3 heteroatoms. The molecule has 0 bridgehead atoms. The molecule has 0 spiro atoms. The first-order valence-electron chi connectivity index (χ1n) is 5.00. The SMILES string of the molecule is CCCCC[C@@H]1OC(=O)C[C@H]1SC. The van der Waals surface area contributed by atoms with Gasteiger partial charge in [-0.3, -0.25) is 4.79 Å². The summed E-state index contributed by atoms with van der Waals surface area (Å²) in [7, 11) is 0. The van der Waals surface area contributed by atoms with Gasteiger partial charge >= 0.3 is 5.97 Å². The molecule has 1 aliphatic rings. The van der Waals surface area contributed by atoms with Crippen molar-refractivity contribution >= 4 is 17.7 Å². The number of esters is 1. The Hall–Kier alpha value is -0.180. The molecule has 1 rings (SSSR count). The minimum absolute atomic E-state index is 0.0131. The molecule has 0 aromatic carbocycles. The predicted octanol–water partition coefficient (Wildman–Crippen LogP) is 2.61. The molecule has 0 aromatic heterocycles. The molecule has 0 saturated carbocycles. The Balaban J connectivity index is 2.27. The Morgan fingerprint density at radius 1 is 1.54 bits per heavy atom. The highest BCUT2D eigenvalue weighted by Crippen LogP contribution is 2.28. The van der Waals surface area contributed by atoms with Gasteiger partial charge < -0.3 is 4.74 Å². The van der Waals surface area contributed by atoms with Gasteiger partial charge in [0.25, 0.3) is 0 Å². The van der Waals surface area contributed by atoms with Crippen LogP contribution >= 0.6 is 11.8 Å². The van der Waals surface area contributed by atoms with Crippen LogP contribution < -0.4 is 0 Å². The summed E-state index contributed by atoms with van der Waals surface area (Å²) < 4.78 is 5.25. The lowest BCUT2D eigenvalue weighted by atomic mass is 10.1. The average molecular weight is 202 g/mol. The second-order valence-corrected chi connectivity index (χ2v) is 4.58. The summed E-state index contributed by atoms with van der Waals surface area (Å²) in [6.45, 7) is 2.19. The number of rotatable bonds is 5. The largest absolute Gasteiger partial charge is 0.461 e. The van der Waals surface area contributed by atoms with E-state index < -0.39 is 0 Å². The van der Waals surface area contributed by atoms with E-state index in [-0.39, 0.29) is 12.1 Å². The maximum absolute atomic E-state index is 11.0. The zero-order chi connectivity index (χ0) is 9.68. The molecule has 76 valence electrons. The number of carbonyl (C=O) groups excluding carboxylic acids is 1. The molecule has 1 fully saturated rings. The maximum Gasteiger partial charge on any atom is 0.307 e. The topological polar surface area (TPSA) is 26.3 Å². The first kappa shape index (κ1) is 10.9. The molecule has 1 heterocycles. The maximum atomic E-state index is 11.0. The van der Waals surface area contributed by atoms with Crippen LogP contribution in [0.5, 0.6) is 0 Å². The monoisotopic (exact) mass is 202 g/mol. The molecule has 2 atom stereocenters. The fraction of sp³-hybridized carbons (Fsp3) is 0.900. The van der Waals surface area contributed by atoms with Crippen molar-refractivity contribution in [3.05, 3.63) is 0 Å². The third-order valence-corrected chi connectivity index (χ3v) is 3.54. The van der Waals surface area contributed by atoms with E-state index in [0.29, 0.717) is 11.7 Å². The van der Waals surface area contributed by atoms with Crippen LogP contribution in [0.25, 0.3) is 0 Å². The minimum atomic E-state index is -0.0131. The fourth-order valence-corrected chi connectivity index (χ4v) is 2.46. The number of ether oxygens (including phenoxy) is 1. The smallest absolute Gasteiger partial charge is 0.307 e. The fourth-order valence-electron chi connectivity index (χ4n) is 1.66. The van der Waals surface area contributed by atoms with Gasteiger partial charge in [0.2, 0.25) is 0 Å². The molecule has 0 radical (unpaired) electrons. The van der Waals surface area contributed by atoms with Crippen LogP contribution in [-0.4, -0.2) is 23.6 Å². The Labute approximate surface area is 84.4 Å². The van der Waals surface area contributed by atoms with E-state index in [2.05, 4.69) is 13.2 Å². The standard InChI is InChI=1S/C10H18O2S/c1-3-4-5-6-8-9(13-2)7-10(11)12-8/h8-9H,3-7H2,1-2H3/t8-,9+/m0/s1. The highest BCUT2D eigenvalue weighted by Gasteiger charge is 2.33. The Morgan fingerprint density at radius 2 is 2.31 bits per heavy atom. The summed E-state index contributed by atoms with van der Waals surface area (Å²) in [5.41, 5.74) is 0. The van der Waals surface area contributed by atoms with Gasteiger partial charge in [-0.25, -0.2) is 0 Å². The lowest BCUT2D eigenvalue weighted by molar-refractivity contribution is -0.141. The highest BCUT2D eigenvalue weighted by atomic mass is 32.2. The zero-order valence-corrected chi connectivity index (χ0v) is 9.23. The predicted molar refractivity (Wildman–Crippen MR) is 55.9 cm³/mol. The van der Waals surface area contributed by atoms with Crippen molar-refractivity contribution in [1.29, 1.82) is 0 Å². The third kappa shape index (κ3) is 3.22. The van der Waals surface area contributed by atoms with E-state index in [9.17, 15) is 4.79 Å². The van der Waals surface area contributed by atoms with Gasteiger partial charge in [-0.1, -0.05) is 19.8 Å². The summed E-state index contributed by atoms with van der Waals surface area (Å²) in [4.78, 5) is 11.0. The van der Waals surface area contributed by atoms with Crippen LogP contribution in [-0.2, 0) is 9.53 Å². The van der Waals surface area contributed by atoms with Gasteiger partial charge in [-0.15, -0.1) is 0 Å². The lowest BCUT2D eigenvalue weighted by Crippen LogP contribution is -2.17. The number of hydrogen-bond donors (Lipinski definition) is 0. The lowest BCUT2D eigenvalue weighted by Gasteiger charge is -2.14. The first-order chi connectivity index (χ1) is 6.27. The van der Waals surface area contributed by atoms with E-state index in [1.165, 1.54) is 19.3 Å². The molecule has 2 nitrogen and oxygen atoms in total. The van der Waals surface area contributed by atoms with Crippen LogP contribution in [0.4, 0.5) is 0 Å². The number of hydrogen-bond acceptors (Lipinski definition) is 3. The normalized spacial score (nSPS) is 27.7. The van der Waals surface area contributed by atoms with Gasteiger partial charge in [-0.05, 0) is 19.1 Å². The molecule has 1 saturated heterocycles. The van der Waals surface area contributed by atoms with E-state index in [0.717, 1.165) is 6.42 Å². The number of carbonyl (C=O) groups is 1. The minimum Gasteiger partial charge on any atom is -0.461 e. The van der Waals surface area contributed by atoms with Gasteiger partial charge in [0, 0.05) is 0 Å². The number of unbranched alkanes of at least 4 members (excludes halogenated alkanes) is 2. The summed E-state index contributed by atoms with van der Waals surface area (Å²) in [5, 5.41) is 0.407. The van der Waals surface area contributed by atoms with Crippen molar-refractivity contribution in [3.63, 3.8) is 0 Å². The number of thioether (sulfide) groups is 1. The van der Waals surface area contributed by atoms with Crippen molar-refractivity contribution < 1.29 is 9.53 Å². The molecule has 0 N–H and O–H groups in total. The second-order valence-electron chi connectivity index (χ2n) is 3.50. The molecule has 0 aliphatic carbocycles. The van der Waals surface area contributed by atoms with Crippen molar-refractivity contribution in [2.24, 2.45) is 0 Å². The third-order valence-electron chi connectivity index (χ3n) is 2.46. The summed E-state index contributed by atoms with van der Waals surface area (Å²) in [6, 6.07) is 0. The second kappa shape index (κ2) is 5.53. The van der Waals surface area contributed by atoms with Crippen molar-refractivity contribution in [1.82, 2.24) is 0 Å². The van der Waals surface area contributed by atoms with E-state index in [4.69, 9.17) is 4.74 Å². The quantitative estimate of drug-likeness (QED) is 0.506. The van der Waals surface area contributed by atoms with Gasteiger partial charge in [-0.2, -0.15) is 11.8 Å². The summed E-state index contributed by atoms with van der Waals surface area (Å²) in [6.07, 6.45) is 7.56. The van der Waals surface area contributed by atoms with E-state index in [1.54, 1.807) is 11.8 Å². The van der Waals surface area contributed by atoms with Gasteiger partial charge in [0.05, 0.1) is 11.7 Å². The van der Waals surface area contributed by atoms with E-state index in [1.807, 2.05) is 0 Å².